The van der Waals surface area contributed by atoms with E-state index in [9.17, 15) is 18.0 Å². The SMILES string of the molecule is O=C1Nc2ccccc2C1Cc1ccc(C(F)(F)F)cc1. The van der Waals surface area contributed by atoms with Crippen molar-refractivity contribution < 1.29 is 18.0 Å². The maximum absolute atomic E-state index is 12.5. The summed E-state index contributed by atoms with van der Waals surface area (Å²) in [6, 6.07) is 12.3. The maximum Gasteiger partial charge on any atom is 0.416 e. The highest BCUT2D eigenvalue weighted by atomic mass is 19.4. The molecule has 1 unspecified atom stereocenters. The summed E-state index contributed by atoms with van der Waals surface area (Å²) in [4.78, 5) is 12.0. The molecule has 0 fully saturated rings. The molecule has 1 aliphatic heterocycles. The first kappa shape index (κ1) is 13.7. The maximum atomic E-state index is 12.5. The highest BCUT2D eigenvalue weighted by Crippen LogP contribution is 2.35. The number of anilines is 1. The third-order valence-corrected chi connectivity index (χ3v) is 3.63. The average Bonchev–Trinajstić information content (AvgIpc) is 2.75. The summed E-state index contributed by atoms with van der Waals surface area (Å²) in [5.41, 5.74) is 1.70. The molecule has 0 saturated heterocycles. The number of halogens is 3. The van der Waals surface area contributed by atoms with Crippen molar-refractivity contribution in [2.75, 3.05) is 5.32 Å². The van der Waals surface area contributed by atoms with E-state index in [1.54, 1.807) is 0 Å². The van der Waals surface area contributed by atoms with Crippen molar-refractivity contribution in [3.63, 3.8) is 0 Å². The van der Waals surface area contributed by atoms with Crippen LogP contribution in [0, 0.1) is 0 Å². The number of carbonyl (C=O) groups is 1. The number of rotatable bonds is 2. The Morgan fingerprint density at radius 2 is 1.67 bits per heavy atom. The molecular weight excluding hydrogens is 279 g/mol. The highest BCUT2D eigenvalue weighted by Gasteiger charge is 2.32. The smallest absolute Gasteiger partial charge is 0.325 e. The van der Waals surface area contributed by atoms with Gasteiger partial charge in [0.15, 0.2) is 0 Å². The van der Waals surface area contributed by atoms with Gasteiger partial charge in [-0.05, 0) is 35.7 Å². The van der Waals surface area contributed by atoms with E-state index in [0.29, 0.717) is 12.0 Å². The van der Waals surface area contributed by atoms with E-state index in [-0.39, 0.29) is 11.8 Å². The van der Waals surface area contributed by atoms with Gasteiger partial charge < -0.3 is 5.32 Å². The predicted molar refractivity (Wildman–Crippen MR) is 73.0 cm³/mol. The molecule has 21 heavy (non-hydrogen) atoms. The minimum Gasteiger partial charge on any atom is -0.325 e. The van der Waals surface area contributed by atoms with Crippen molar-refractivity contribution in [1.29, 1.82) is 0 Å². The quantitative estimate of drug-likeness (QED) is 0.890. The number of hydrogen-bond acceptors (Lipinski definition) is 1. The van der Waals surface area contributed by atoms with Crippen LogP contribution in [0.25, 0.3) is 0 Å². The molecule has 0 spiro atoms. The zero-order valence-corrected chi connectivity index (χ0v) is 10.9. The predicted octanol–water partition coefficient (Wildman–Crippen LogP) is 3.98. The van der Waals surface area contributed by atoms with E-state index >= 15 is 0 Å². The summed E-state index contributed by atoms with van der Waals surface area (Å²) in [6.45, 7) is 0. The number of fused-ring (bicyclic) bond motifs is 1. The van der Waals surface area contributed by atoms with E-state index < -0.39 is 11.7 Å². The molecule has 0 bridgehead atoms. The number of alkyl halides is 3. The van der Waals surface area contributed by atoms with Crippen LogP contribution in [0.1, 0.15) is 22.6 Å². The molecule has 0 aliphatic carbocycles. The number of benzene rings is 2. The first-order valence-electron chi connectivity index (χ1n) is 6.51. The minimum atomic E-state index is -4.34. The molecule has 1 atom stereocenters. The topological polar surface area (TPSA) is 29.1 Å². The second-order valence-electron chi connectivity index (χ2n) is 5.03. The van der Waals surface area contributed by atoms with Gasteiger partial charge in [0.1, 0.15) is 0 Å². The fourth-order valence-corrected chi connectivity index (χ4v) is 2.54. The molecule has 0 aromatic heterocycles. The third kappa shape index (κ3) is 2.63. The summed E-state index contributed by atoms with van der Waals surface area (Å²) in [5, 5.41) is 2.78. The van der Waals surface area contributed by atoms with Crippen molar-refractivity contribution in [2.45, 2.75) is 18.5 Å². The second-order valence-corrected chi connectivity index (χ2v) is 5.03. The number of amides is 1. The molecule has 3 rings (SSSR count). The summed E-state index contributed by atoms with van der Waals surface area (Å²) < 4.78 is 37.6. The molecule has 5 heteroatoms. The van der Waals surface area contributed by atoms with Crippen LogP contribution >= 0.6 is 0 Å². The van der Waals surface area contributed by atoms with E-state index in [0.717, 1.165) is 23.4 Å². The van der Waals surface area contributed by atoms with Crippen LogP contribution < -0.4 is 5.32 Å². The fourth-order valence-electron chi connectivity index (χ4n) is 2.54. The summed E-state index contributed by atoms with van der Waals surface area (Å²) >= 11 is 0. The zero-order valence-electron chi connectivity index (χ0n) is 10.9. The molecule has 2 nitrogen and oxygen atoms in total. The van der Waals surface area contributed by atoms with Crippen molar-refractivity contribution in [3.05, 3.63) is 65.2 Å². The Kier molecular flexibility index (Phi) is 3.20. The lowest BCUT2D eigenvalue weighted by Crippen LogP contribution is -2.14. The monoisotopic (exact) mass is 291 g/mol. The molecule has 1 N–H and O–H groups in total. The van der Waals surface area contributed by atoms with Gasteiger partial charge in [-0.15, -0.1) is 0 Å². The molecule has 2 aromatic rings. The van der Waals surface area contributed by atoms with Crippen LogP contribution in [0.4, 0.5) is 18.9 Å². The van der Waals surface area contributed by atoms with E-state index in [1.807, 2.05) is 24.3 Å². The van der Waals surface area contributed by atoms with E-state index in [4.69, 9.17) is 0 Å². The van der Waals surface area contributed by atoms with Crippen molar-refractivity contribution >= 4 is 11.6 Å². The van der Waals surface area contributed by atoms with Gasteiger partial charge in [0.25, 0.3) is 0 Å². The molecule has 1 aliphatic rings. The zero-order chi connectivity index (χ0) is 15.0. The van der Waals surface area contributed by atoms with Crippen molar-refractivity contribution in [3.8, 4) is 0 Å². The summed E-state index contributed by atoms with van der Waals surface area (Å²) in [7, 11) is 0. The Bertz CT molecular complexity index is 677. The van der Waals surface area contributed by atoms with Crippen LogP contribution in [0.3, 0.4) is 0 Å². The Morgan fingerprint density at radius 1 is 1.00 bits per heavy atom. The lowest BCUT2D eigenvalue weighted by Gasteiger charge is -2.11. The van der Waals surface area contributed by atoms with Gasteiger partial charge >= 0.3 is 6.18 Å². The Balaban J connectivity index is 1.83. The van der Waals surface area contributed by atoms with Gasteiger partial charge in [-0.2, -0.15) is 13.2 Å². The molecule has 0 saturated carbocycles. The van der Waals surface area contributed by atoms with Gasteiger partial charge in [-0.25, -0.2) is 0 Å². The standard InChI is InChI=1S/C16H12F3NO/c17-16(18,19)11-7-5-10(6-8-11)9-13-12-3-1-2-4-14(12)20-15(13)21/h1-8,13H,9H2,(H,20,21). The summed E-state index contributed by atoms with van der Waals surface area (Å²) in [5.74, 6) is -0.464. The Hall–Kier alpha value is -2.30. The van der Waals surface area contributed by atoms with Crippen LogP contribution in [0.15, 0.2) is 48.5 Å². The molecular formula is C16H12F3NO. The van der Waals surface area contributed by atoms with Crippen LogP contribution in [-0.4, -0.2) is 5.91 Å². The molecule has 1 heterocycles. The third-order valence-electron chi connectivity index (χ3n) is 3.63. The normalized spacial score (nSPS) is 17.5. The van der Waals surface area contributed by atoms with E-state index in [1.165, 1.54) is 12.1 Å². The van der Waals surface area contributed by atoms with Crippen LogP contribution in [-0.2, 0) is 17.4 Å². The molecule has 108 valence electrons. The van der Waals surface area contributed by atoms with Gasteiger partial charge in [-0.1, -0.05) is 30.3 Å². The van der Waals surface area contributed by atoms with Gasteiger partial charge in [-0.3, -0.25) is 4.79 Å². The highest BCUT2D eigenvalue weighted by molar-refractivity contribution is 6.03. The first-order chi connectivity index (χ1) is 9.95. The van der Waals surface area contributed by atoms with Crippen molar-refractivity contribution in [2.24, 2.45) is 0 Å². The largest absolute Gasteiger partial charge is 0.416 e. The number of hydrogen-bond donors (Lipinski definition) is 1. The fraction of sp³-hybridized carbons (Fsp3) is 0.188. The first-order valence-corrected chi connectivity index (χ1v) is 6.51. The number of carbonyl (C=O) groups excluding carboxylic acids is 1. The number of nitrogens with one attached hydrogen (secondary N) is 1. The lowest BCUT2D eigenvalue weighted by molar-refractivity contribution is -0.137. The van der Waals surface area contributed by atoms with Gasteiger partial charge in [0.05, 0.1) is 11.5 Å². The lowest BCUT2D eigenvalue weighted by atomic mass is 9.93. The van der Waals surface area contributed by atoms with E-state index in [2.05, 4.69) is 5.32 Å². The molecule has 0 radical (unpaired) electrons. The average molecular weight is 291 g/mol. The second kappa shape index (κ2) is 4.91. The molecule has 2 aromatic carbocycles. The Morgan fingerprint density at radius 3 is 2.33 bits per heavy atom. The van der Waals surface area contributed by atoms with Crippen LogP contribution in [0.5, 0.6) is 0 Å². The molecule has 1 amide bonds. The van der Waals surface area contributed by atoms with Crippen LogP contribution in [0.2, 0.25) is 0 Å². The summed E-state index contributed by atoms with van der Waals surface area (Å²) in [6.07, 6.45) is -3.95. The van der Waals surface area contributed by atoms with Gasteiger partial charge in [0, 0.05) is 5.69 Å². The number of para-hydroxylation sites is 1. The van der Waals surface area contributed by atoms with Gasteiger partial charge in [0.2, 0.25) is 5.91 Å². The Labute approximate surface area is 119 Å². The van der Waals surface area contributed by atoms with Crippen molar-refractivity contribution in [1.82, 2.24) is 0 Å². The minimum absolute atomic E-state index is 0.115.